The van der Waals surface area contributed by atoms with Gasteiger partial charge in [0.1, 0.15) is 0 Å². The van der Waals surface area contributed by atoms with Crippen LogP contribution < -0.4 is 0 Å². The van der Waals surface area contributed by atoms with Crippen LogP contribution in [0.5, 0.6) is 0 Å². The number of carbonyl (C=O) groups is 1. The molecule has 2 aromatic heterocycles. The molecule has 0 saturated carbocycles. The second kappa shape index (κ2) is 10.2. The number of aliphatic hydroxyl groups excluding tert-OH is 1. The van der Waals surface area contributed by atoms with Gasteiger partial charge < -0.3 is 10.0 Å². The number of nitrogens with zero attached hydrogens (tertiary/aromatic N) is 5. The molecule has 1 N–H and O–H groups in total. The van der Waals surface area contributed by atoms with E-state index in [2.05, 4.69) is 15.0 Å². The molecule has 0 radical (unpaired) electrons. The second-order valence-electron chi connectivity index (χ2n) is 8.74. The molecule has 3 heterocycles. The summed E-state index contributed by atoms with van der Waals surface area (Å²) in [4.78, 5) is 30.2. The van der Waals surface area contributed by atoms with E-state index >= 15 is 0 Å². The molecule has 0 unspecified atom stereocenters. The van der Waals surface area contributed by atoms with E-state index in [1.165, 1.54) is 0 Å². The summed E-state index contributed by atoms with van der Waals surface area (Å²) in [7, 11) is 0. The molecule has 1 fully saturated rings. The van der Waals surface area contributed by atoms with Crippen molar-refractivity contribution in [2.75, 3.05) is 39.3 Å². The average molecular weight is 508 g/mol. The van der Waals surface area contributed by atoms with Crippen LogP contribution in [0.2, 0.25) is 0 Å². The molecule has 4 aromatic rings. The first-order valence-electron chi connectivity index (χ1n) is 11.9. The van der Waals surface area contributed by atoms with Crippen molar-refractivity contribution in [2.45, 2.75) is 6.18 Å². The highest BCUT2D eigenvalue weighted by Gasteiger charge is 2.36. The van der Waals surface area contributed by atoms with Crippen LogP contribution in [0.25, 0.3) is 33.5 Å². The Kier molecular flexibility index (Phi) is 6.86. The maximum absolute atomic E-state index is 14.4. The highest BCUT2D eigenvalue weighted by Crippen LogP contribution is 2.40. The largest absolute Gasteiger partial charge is 0.417 e. The van der Waals surface area contributed by atoms with E-state index in [4.69, 9.17) is 5.11 Å². The number of rotatable bonds is 5. The third kappa shape index (κ3) is 5.16. The quantitative estimate of drug-likeness (QED) is 0.438. The highest BCUT2D eigenvalue weighted by molar-refractivity contribution is 5.99. The SMILES string of the molecule is O=C(c1nc(-c2ccccc2)c2c(C(F)(F)F)cc(-c3ccccc3)nc2n1)N1CCN(CCO)CC1. The maximum Gasteiger partial charge on any atom is 0.417 e. The zero-order chi connectivity index (χ0) is 26.0. The summed E-state index contributed by atoms with van der Waals surface area (Å²) >= 11 is 0. The van der Waals surface area contributed by atoms with Crippen molar-refractivity contribution in [2.24, 2.45) is 0 Å². The number of carbonyl (C=O) groups excluding carboxylic acids is 1. The van der Waals surface area contributed by atoms with Crippen LogP contribution in [0, 0.1) is 0 Å². The fourth-order valence-electron chi connectivity index (χ4n) is 4.47. The first kappa shape index (κ1) is 24.8. The van der Waals surface area contributed by atoms with Gasteiger partial charge in [-0.15, -0.1) is 0 Å². The van der Waals surface area contributed by atoms with Crippen LogP contribution in [0.3, 0.4) is 0 Å². The third-order valence-corrected chi connectivity index (χ3v) is 6.36. The maximum atomic E-state index is 14.4. The van der Waals surface area contributed by atoms with E-state index in [9.17, 15) is 18.0 Å². The number of amides is 1. The lowest BCUT2D eigenvalue weighted by Crippen LogP contribution is -2.49. The summed E-state index contributed by atoms with van der Waals surface area (Å²) in [6.45, 7) is 2.47. The Labute approximate surface area is 211 Å². The minimum absolute atomic E-state index is 0.00676. The molecule has 0 bridgehead atoms. The summed E-state index contributed by atoms with van der Waals surface area (Å²) in [5.74, 6) is -0.670. The van der Waals surface area contributed by atoms with Gasteiger partial charge in [-0.1, -0.05) is 60.7 Å². The Hall–Kier alpha value is -3.89. The predicted molar refractivity (Wildman–Crippen MR) is 133 cm³/mol. The number of hydrogen-bond acceptors (Lipinski definition) is 6. The van der Waals surface area contributed by atoms with E-state index in [-0.39, 0.29) is 34.9 Å². The van der Waals surface area contributed by atoms with Gasteiger partial charge in [-0.05, 0) is 6.07 Å². The van der Waals surface area contributed by atoms with Gasteiger partial charge in [-0.3, -0.25) is 9.69 Å². The Balaban J connectivity index is 1.69. The lowest BCUT2D eigenvalue weighted by molar-refractivity contribution is -0.136. The van der Waals surface area contributed by atoms with E-state index < -0.39 is 17.6 Å². The fourth-order valence-corrected chi connectivity index (χ4v) is 4.47. The van der Waals surface area contributed by atoms with Crippen LogP contribution in [-0.2, 0) is 6.18 Å². The first-order chi connectivity index (χ1) is 17.8. The van der Waals surface area contributed by atoms with Crippen molar-refractivity contribution >= 4 is 16.9 Å². The number of aliphatic hydroxyl groups is 1. The van der Waals surface area contributed by atoms with Crippen molar-refractivity contribution in [1.82, 2.24) is 24.8 Å². The molecule has 1 aliphatic rings. The number of aromatic nitrogens is 3. The predicted octanol–water partition coefficient (Wildman–Crippen LogP) is 4.13. The Morgan fingerprint density at radius 3 is 2.08 bits per heavy atom. The third-order valence-electron chi connectivity index (χ3n) is 6.36. The highest BCUT2D eigenvalue weighted by atomic mass is 19.4. The normalized spacial score (nSPS) is 14.8. The lowest BCUT2D eigenvalue weighted by atomic mass is 10.0. The molecule has 0 atom stereocenters. The fraction of sp³-hybridized carbons (Fsp3) is 0.259. The van der Waals surface area contributed by atoms with Crippen molar-refractivity contribution < 1.29 is 23.1 Å². The summed E-state index contributed by atoms with van der Waals surface area (Å²) in [5.41, 5.74) is -0.0581. The smallest absolute Gasteiger partial charge is 0.395 e. The van der Waals surface area contributed by atoms with Gasteiger partial charge in [0.05, 0.1) is 28.9 Å². The molecule has 190 valence electrons. The van der Waals surface area contributed by atoms with E-state index in [1.807, 2.05) is 4.90 Å². The van der Waals surface area contributed by atoms with Crippen molar-refractivity contribution in [3.05, 3.63) is 78.1 Å². The van der Waals surface area contributed by atoms with E-state index in [0.29, 0.717) is 43.9 Å². The zero-order valence-corrected chi connectivity index (χ0v) is 19.8. The van der Waals surface area contributed by atoms with E-state index in [1.54, 1.807) is 65.6 Å². The monoisotopic (exact) mass is 507 g/mol. The van der Waals surface area contributed by atoms with Crippen molar-refractivity contribution in [3.8, 4) is 22.5 Å². The minimum atomic E-state index is -4.70. The molecule has 0 aliphatic carbocycles. The molecule has 7 nitrogen and oxygen atoms in total. The molecule has 1 saturated heterocycles. The lowest BCUT2D eigenvalue weighted by Gasteiger charge is -2.34. The van der Waals surface area contributed by atoms with Crippen LogP contribution >= 0.6 is 0 Å². The number of pyridine rings is 1. The Morgan fingerprint density at radius 2 is 1.49 bits per heavy atom. The van der Waals surface area contributed by atoms with Gasteiger partial charge in [0.15, 0.2) is 5.65 Å². The van der Waals surface area contributed by atoms with Crippen LogP contribution in [0.1, 0.15) is 16.2 Å². The Bertz CT molecular complexity index is 1410. The standard InChI is InChI=1S/C27H24F3N5O2/c28-27(29,30)20-17-21(18-7-3-1-4-8-18)31-24-22(20)23(19-9-5-2-6-10-19)32-25(33-24)26(37)35-13-11-34(12-14-35)15-16-36/h1-10,17,36H,11-16H2. The van der Waals surface area contributed by atoms with Gasteiger partial charge >= 0.3 is 6.18 Å². The van der Waals surface area contributed by atoms with Gasteiger partial charge in [0, 0.05) is 43.9 Å². The number of halogens is 3. The topological polar surface area (TPSA) is 82.5 Å². The number of benzene rings is 2. The summed E-state index contributed by atoms with van der Waals surface area (Å²) in [6, 6.07) is 18.0. The molecule has 10 heteroatoms. The molecule has 0 spiro atoms. The molecular formula is C27H24F3N5O2. The van der Waals surface area contributed by atoms with Gasteiger partial charge in [0.2, 0.25) is 5.82 Å². The number of fused-ring (bicyclic) bond motifs is 1. The number of alkyl halides is 3. The number of piperazine rings is 1. The molecule has 2 aromatic carbocycles. The van der Waals surface area contributed by atoms with Crippen molar-refractivity contribution in [1.29, 1.82) is 0 Å². The second-order valence-corrected chi connectivity index (χ2v) is 8.74. The molecular weight excluding hydrogens is 483 g/mol. The van der Waals surface area contributed by atoms with Gasteiger partial charge in [0.25, 0.3) is 5.91 Å². The van der Waals surface area contributed by atoms with E-state index in [0.717, 1.165) is 6.07 Å². The zero-order valence-electron chi connectivity index (χ0n) is 19.8. The van der Waals surface area contributed by atoms with Crippen LogP contribution in [-0.4, -0.2) is 75.1 Å². The van der Waals surface area contributed by atoms with Crippen LogP contribution in [0.4, 0.5) is 13.2 Å². The summed E-state index contributed by atoms with van der Waals surface area (Å²) in [5, 5.41) is 8.92. The summed E-state index contributed by atoms with van der Waals surface area (Å²) in [6.07, 6.45) is -4.70. The summed E-state index contributed by atoms with van der Waals surface area (Å²) < 4.78 is 43.1. The first-order valence-corrected chi connectivity index (χ1v) is 11.9. The molecule has 5 rings (SSSR count). The number of β-amino-alcohol motifs (C(OH)–C–C–N with tert-alkyl or cyclic N) is 1. The Morgan fingerprint density at radius 1 is 0.865 bits per heavy atom. The molecule has 1 aliphatic heterocycles. The van der Waals surface area contributed by atoms with Gasteiger partial charge in [-0.2, -0.15) is 13.2 Å². The van der Waals surface area contributed by atoms with Crippen LogP contribution in [0.15, 0.2) is 66.7 Å². The molecule has 1 amide bonds. The number of hydrogen-bond donors (Lipinski definition) is 1. The minimum Gasteiger partial charge on any atom is -0.395 e. The average Bonchev–Trinajstić information content (AvgIpc) is 2.92. The molecule has 37 heavy (non-hydrogen) atoms. The van der Waals surface area contributed by atoms with Crippen molar-refractivity contribution in [3.63, 3.8) is 0 Å². The van der Waals surface area contributed by atoms with Gasteiger partial charge in [-0.25, -0.2) is 15.0 Å².